The molecule has 0 bridgehead atoms. The Balaban J connectivity index is 2.24. The zero-order valence-corrected chi connectivity index (χ0v) is 10.00. The van der Waals surface area contributed by atoms with Crippen molar-refractivity contribution >= 4 is 17.7 Å². The molecule has 18 heavy (non-hydrogen) atoms. The second-order valence-electron chi connectivity index (χ2n) is 4.15. The van der Waals surface area contributed by atoms with E-state index in [0.29, 0.717) is 24.3 Å². The highest BCUT2D eigenvalue weighted by atomic mass is 16.5. The Morgan fingerprint density at radius 3 is 3.06 bits per heavy atom. The summed E-state index contributed by atoms with van der Waals surface area (Å²) in [6.45, 7) is 0.395. The van der Waals surface area contributed by atoms with E-state index >= 15 is 0 Å². The van der Waals surface area contributed by atoms with Gasteiger partial charge in [-0.05, 0) is 12.1 Å². The summed E-state index contributed by atoms with van der Waals surface area (Å²) in [5, 5.41) is 9.06. The van der Waals surface area contributed by atoms with E-state index in [2.05, 4.69) is 9.72 Å². The van der Waals surface area contributed by atoms with Gasteiger partial charge < -0.3 is 9.84 Å². The number of carbonyl (C=O) groups excluding carboxylic acids is 2. The predicted molar refractivity (Wildman–Crippen MR) is 63.1 cm³/mol. The normalized spacial score (nSPS) is 19.1. The molecular formula is C12H14N2O4. The van der Waals surface area contributed by atoms with Crippen LogP contribution in [0, 0.1) is 5.92 Å². The largest absolute Gasteiger partial charge is 0.465 e. The molecule has 1 amide bonds. The standard InChI is InChI=1S/C12H14N2O4/c1-18-12(17)9-2-3-13-10(5-9)14-6-8(7-15)4-11(14)16/h2-3,5,8,15H,4,6-7H2,1H3. The molecule has 1 unspecified atom stereocenters. The number of aromatic nitrogens is 1. The van der Waals surface area contributed by atoms with Gasteiger partial charge in [-0.15, -0.1) is 0 Å². The zero-order chi connectivity index (χ0) is 13.1. The minimum Gasteiger partial charge on any atom is -0.465 e. The molecule has 96 valence electrons. The number of amides is 1. The van der Waals surface area contributed by atoms with Crippen molar-refractivity contribution in [3.05, 3.63) is 23.9 Å². The molecule has 1 aromatic heterocycles. The van der Waals surface area contributed by atoms with E-state index in [1.807, 2.05) is 0 Å². The van der Waals surface area contributed by atoms with Crippen LogP contribution in [0.2, 0.25) is 0 Å². The summed E-state index contributed by atoms with van der Waals surface area (Å²) < 4.78 is 4.61. The number of hydrogen-bond donors (Lipinski definition) is 1. The van der Waals surface area contributed by atoms with Gasteiger partial charge in [-0.25, -0.2) is 9.78 Å². The number of anilines is 1. The third-order valence-corrected chi connectivity index (χ3v) is 2.91. The number of methoxy groups -OCH3 is 1. The van der Waals surface area contributed by atoms with Crippen molar-refractivity contribution in [3.8, 4) is 0 Å². The van der Waals surface area contributed by atoms with Gasteiger partial charge in [0.1, 0.15) is 5.82 Å². The van der Waals surface area contributed by atoms with Crippen LogP contribution in [0.3, 0.4) is 0 Å². The number of aliphatic hydroxyl groups excluding tert-OH is 1. The fourth-order valence-corrected chi connectivity index (χ4v) is 1.94. The van der Waals surface area contributed by atoms with Crippen LogP contribution in [0.1, 0.15) is 16.8 Å². The molecule has 6 heteroatoms. The van der Waals surface area contributed by atoms with Crippen LogP contribution in [0.25, 0.3) is 0 Å². The lowest BCUT2D eigenvalue weighted by Crippen LogP contribution is -2.26. The van der Waals surface area contributed by atoms with Gasteiger partial charge in [0.2, 0.25) is 5.91 Å². The molecule has 1 fully saturated rings. The Labute approximate surface area is 104 Å². The minimum atomic E-state index is -0.469. The van der Waals surface area contributed by atoms with Crippen molar-refractivity contribution in [2.75, 3.05) is 25.2 Å². The maximum absolute atomic E-state index is 11.8. The molecule has 2 rings (SSSR count). The second kappa shape index (κ2) is 5.14. The quantitative estimate of drug-likeness (QED) is 0.776. The number of rotatable bonds is 3. The molecule has 0 spiro atoms. The summed E-state index contributed by atoms with van der Waals surface area (Å²) in [6, 6.07) is 3.04. The van der Waals surface area contributed by atoms with Crippen molar-refractivity contribution in [1.82, 2.24) is 4.98 Å². The molecular weight excluding hydrogens is 236 g/mol. The third kappa shape index (κ3) is 2.33. The smallest absolute Gasteiger partial charge is 0.338 e. The summed E-state index contributed by atoms with van der Waals surface area (Å²) in [6.07, 6.45) is 1.77. The van der Waals surface area contributed by atoms with E-state index in [1.54, 1.807) is 0 Å². The summed E-state index contributed by atoms with van der Waals surface area (Å²) in [5.74, 6) is -0.215. The molecule has 1 N–H and O–H groups in total. The summed E-state index contributed by atoms with van der Waals surface area (Å²) in [5.41, 5.74) is 0.350. The van der Waals surface area contributed by atoms with Crippen LogP contribution in [0.4, 0.5) is 5.82 Å². The molecule has 1 saturated heterocycles. The fourth-order valence-electron chi connectivity index (χ4n) is 1.94. The average molecular weight is 250 g/mol. The zero-order valence-electron chi connectivity index (χ0n) is 10.00. The molecule has 1 aliphatic heterocycles. The number of ether oxygens (including phenoxy) is 1. The summed E-state index contributed by atoms with van der Waals surface area (Å²) in [7, 11) is 1.30. The van der Waals surface area contributed by atoms with Crippen molar-refractivity contribution in [1.29, 1.82) is 0 Å². The van der Waals surface area contributed by atoms with Crippen LogP contribution in [0.5, 0.6) is 0 Å². The van der Waals surface area contributed by atoms with Gasteiger partial charge in [-0.3, -0.25) is 9.69 Å². The van der Waals surface area contributed by atoms with Gasteiger partial charge in [-0.2, -0.15) is 0 Å². The van der Waals surface area contributed by atoms with Crippen molar-refractivity contribution in [2.45, 2.75) is 6.42 Å². The van der Waals surface area contributed by atoms with Gasteiger partial charge in [0.25, 0.3) is 0 Å². The number of esters is 1. The average Bonchev–Trinajstić information content (AvgIpc) is 2.79. The van der Waals surface area contributed by atoms with Crippen LogP contribution in [-0.2, 0) is 9.53 Å². The number of pyridine rings is 1. The van der Waals surface area contributed by atoms with E-state index in [-0.39, 0.29) is 18.4 Å². The number of aliphatic hydroxyl groups is 1. The first-order valence-corrected chi connectivity index (χ1v) is 5.61. The van der Waals surface area contributed by atoms with E-state index in [0.717, 1.165) is 0 Å². The van der Waals surface area contributed by atoms with E-state index in [9.17, 15) is 9.59 Å². The lowest BCUT2D eigenvalue weighted by atomic mass is 10.1. The highest BCUT2D eigenvalue weighted by Crippen LogP contribution is 2.23. The molecule has 0 aromatic carbocycles. The lowest BCUT2D eigenvalue weighted by Gasteiger charge is -2.15. The monoisotopic (exact) mass is 250 g/mol. The molecule has 1 atom stereocenters. The van der Waals surface area contributed by atoms with Crippen LogP contribution >= 0.6 is 0 Å². The first kappa shape index (κ1) is 12.5. The molecule has 6 nitrogen and oxygen atoms in total. The van der Waals surface area contributed by atoms with E-state index in [1.165, 1.54) is 30.3 Å². The van der Waals surface area contributed by atoms with Crippen LogP contribution in [-0.4, -0.2) is 42.2 Å². The topological polar surface area (TPSA) is 79.7 Å². The lowest BCUT2D eigenvalue weighted by molar-refractivity contribution is -0.117. The van der Waals surface area contributed by atoms with Crippen molar-refractivity contribution in [3.63, 3.8) is 0 Å². The first-order chi connectivity index (χ1) is 8.65. The highest BCUT2D eigenvalue weighted by molar-refractivity contribution is 5.96. The van der Waals surface area contributed by atoms with Crippen LogP contribution < -0.4 is 4.90 Å². The summed E-state index contributed by atoms with van der Waals surface area (Å²) in [4.78, 5) is 28.7. The molecule has 0 aliphatic carbocycles. The maximum atomic E-state index is 11.8. The van der Waals surface area contributed by atoms with Gasteiger partial charge >= 0.3 is 5.97 Å². The Bertz CT molecular complexity index is 475. The first-order valence-electron chi connectivity index (χ1n) is 5.61. The van der Waals surface area contributed by atoms with Gasteiger partial charge in [-0.1, -0.05) is 0 Å². The van der Waals surface area contributed by atoms with Crippen molar-refractivity contribution < 1.29 is 19.4 Å². The molecule has 1 aromatic rings. The van der Waals surface area contributed by atoms with Gasteiger partial charge in [0.05, 0.1) is 12.7 Å². The number of hydrogen-bond acceptors (Lipinski definition) is 5. The third-order valence-electron chi connectivity index (χ3n) is 2.91. The number of carbonyl (C=O) groups is 2. The predicted octanol–water partition coefficient (Wildman–Crippen LogP) is 0.213. The molecule has 0 radical (unpaired) electrons. The van der Waals surface area contributed by atoms with Crippen LogP contribution in [0.15, 0.2) is 18.3 Å². The van der Waals surface area contributed by atoms with Crippen molar-refractivity contribution in [2.24, 2.45) is 5.92 Å². The number of nitrogens with zero attached hydrogens (tertiary/aromatic N) is 2. The molecule has 2 heterocycles. The minimum absolute atomic E-state index is 0.0288. The van der Waals surface area contributed by atoms with Gasteiger partial charge in [0.15, 0.2) is 0 Å². The molecule has 1 aliphatic rings. The highest BCUT2D eigenvalue weighted by Gasteiger charge is 2.31. The SMILES string of the molecule is COC(=O)c1ccnc(N2CC(CO)CC2=O)c1. The Morgan fingerprint density at radius 1 is 1.67 bits per heavy atom. The van der Waals surface area contributed by atoms with Gasteiger partial charge in [0, 0.05) is 31.7 Å². The maximum Gasteiger partial charge on any atom is 0.338 e. The van der Waals surface area contributed by atoms with E-state index in [4.69, 9.17) is 5.11 Å². The Morgan fingerprint density at radius 2 is 2.44 bits per heavy atom. The fraction of sp³-hybridized carbons (Fsp3) is 0.417. The van der Waals surface area contributed by atoms with E-state index < -0.39 is 5.97 Å². The Kier molecular flexibility index (Phi) is 3.57. The molecule has 0 saturated carbocycles. The summed E-state index contributed by atoms with van der Waals surface area (Å²) >= 11 is 0. The Hall–Kier alpha value is -1.95. The second-order valence-corrected chi connectivity index (χ2v) is 4.15.